The van der Waals surface area contributed by atoms with E-state index in [4.69, 9.17) is 0 Å². The Bertz CT molecular complexity index is 377. The molecule has 0 saturated carbocycles. The second kappa shape index (κ2) is 4.88. The molecule has 84 valence electrons. The van der Waals surface area contributed by atoms with E-state index in [1.54, 1.807) is 18.5 Å². The van der Waals surface area contributed by atoms with Gasteiger partial charge in [-0.25, -0.2) is 9.97 Å². The van der Waals surface area contributed by atoms with Crippen molar-refractivity contribution in [3.8, 4) is 0 Å². The fourth-order valence-electron chi connectivity index (χ4n) is 2.04. The molecule has 16 heavy (non-hydrogen) atoms. The number of hydrogen-bond acceptors (Lipinski definition) is 3. The average molecular weight is 217 g/mol. The van der Waals surface area contributed by atoms with Crippen molar-refractivity contribution in [2.24, 2.45) is 0 Å². The maximum atomic E-state index is 11.5. The Kier molecular flexibility index (Phi) is 3.29. The maximum Gasteiger partial charge on any atom is 0.245 e. The number of likely N-dealkylation sites (tertiary alicyclic amines) is 1. The second-order valence-corrected chi connectivity index (χ2v) is 3.93. The third kappa shape index (κ3) is 2.27. The summed E-state index contributed by atoms with van der Waals surface area (Å²) in [5.74, 6) is 1.10. The molecule has 0 aromatic carbocycles. The van der Waals surface area contributed by atoms with Gasteiger partial charge in [0.05, 0.1) is 0 Å². The highest BCUT2D eigenvalue weighted by atomic mass is 16.2. The van der Waals surface area contributed by atoms with Crippen LogP contribution in [0.1, 0.15) is 24.6 Å². The molecule has 0 spiro atoms. The topological polar surface area (TPSA) is 46.1 Å². The molecule has 1 aromatic rings. The van der Waals surface area contributed by atoms with Crippen LogP contribution < -0.4 is 0 Å². The van der Waals surface area contributed by atoms with Crippen molar-refractivity contribution in [3.63, 3.8) is 0 Å². The maximum absolute atomic E-state index is 11.5. The van der Waals surface area contributed by atoms with E-state index < -0.39 is 0 Å². The molecule has 1 amide bonds. The highest BCUT2D eigenvalue weighted by molar-refractivity contribution is 5.87. The monoisotopic (exact) mass is 217 g/mol. The van der Waals surface area contributed by atoms with E-state index in [2.05, 4.69) is 16.5 Å². The third-order valence-corrected chi connectivity index (χ3v) is 2.86. The first-order valence-corrected chi connectivity index (χ1v) is 5.49. The lowest BCUT2D eigenvalue weighted by atomic mass is 9.97. The molecule has 1 saturated heterocycles. The molecule has 0 bridgehead atoms. The van der Waals surface area contributed by atoms with E-state index in [1.807, 2.05) is 4.90 Å². The molecule has 1 aliphatic rings. The highest BCUT2D eigenvalue weighted by Crippen LogP contribution is 2.23. The minimum absolute atomic E-state index is 0.000584. The molecule has 1 aliphatic heterocycles. The molecule has 2 rings (SSSR count). The van der Waals surface area contributed by atoms with Crippen LogP contribution in [0.15, 0.2) is 31.1 Å². The summed E-state index contributed by atoms with van der Waals surface area (Å²) in [7, 11) is 0. The van der Waals surface area contributed by atoms with Gasteiger partial charge in [-0.05, 0) is 25.0 Å². The van der Waals surface area contributed by atoms with Crippen molar-refractivity contribution in [2.45, 2.75) is 18.8 Å². The number of nitrogens with zero attached hydrogens (tertiary/aromatic N) is 3. The lowest BCUT2D eigenvalue weighted by Gasteiger charge is -2.31. The average Bonchev–Trinajstić information content (AvgIpc) is 2.39. The predicted octanol–water partition coefficient (Wildman–Crippen LogP) is 1.37. The first kappa shape index (κ1) is 10.8. The summed E-state index contributed by atoms with van der Waals surface area (Å²) in [5, 5.41) is 0. The van der Waals surface area contributed by atoms with Gasteiger partial charge in [-0.3, -0.25) is 4.79 Å². The van der Waals surface area contributed by atoms with Gasteiger partial charge < -0.3 is 4.90 Å². The van der Waals surface area contributed by atoms with Gasteiger partial charge in [-0.2, -0.15) is 0 Å². The standard InChI is InChI=1S/C12H15N3O/c1-2-11(16)15-8-3-5-10(9-15)12-13-6-4-7-14-12/h2,4,6-7,10H,1,3,5,8-9H2. The number of carbonyl (C=O) groups is 1. The predicted molar refractivity (Wildman–Crippen MR) is 60.8 cm³/mol. The van der Waals surface area contributed by atoms with Gasteiger partial charge in [-0.1, -0.05) is 6.58 Å². The summed E-state index contributed by atoms with van der Waals surface area (Å²) in [4.78, 5) is 21.8. The quantitative estimate of drug-likeness (QED) is 0.703. The highest BCUT2D eigenvalue weighted by Gasteiger charge is 2.24. The van der Waals surface area contributed by atoms with Crippen molar-refractivity contribution in [1.29, 1.82) is 0 Å². The van der Waals surface area contributed by atoms with E-state index in [9.17, 15) is 4.79 Å². The molecule has 1 unspecified atom stereocenters. The summed E-state index contributed by atoms with van der Waals surface area (Å²) in [6.45, 7) is 5.03. The van der Waals surface area contributed by atoms with Crippen LogP contribution in [0, 0.1) is 0 Å². The van der Waals surface area contributed by atoms with Crippen molar-refractivity contribution in [3.05, 3.63) is 36.9 Å². The van der Waals surface area contributed by atoms with Gasteiger partial charge in [0.15, 0.2) is 0 Å². The number of aromatic nitrogens is 2. The van der Waals surface area contributed by atoms with Gasteiger partial charge >= 0.3 is 0 Å². The van der Waals surface area contributed by atoms with Crippen molar-refractivity contribution in [1.82, 2.24) is 14.9 Å². The Hall–Kier alpha value is -1.71. The van der Waals surface area contributed by atoms with Gasteiger partial charge in [0.2, 0.25) is 5.91 Å². The van der Waals surface area contributed by atoms with Crippen LogP contribution in [0.25, 0.3) is 0 Å². The van der Waals surface area contributed by atoms with Crippen LogP contribution in [-0.2, 0) is 4.79 Å². The Morgan fingerprint density at radius 1 is 1.50 bits per heavy atom. The Morgan fingerprint density at radius 3 is 2.94 bits per heavy atom. The lowest BCUT2D eigenvalue weighted by molar-refractivity contribution is -0.127. The number of piperidine rings is 1. The summed E-state index contributed by atoms with van der Waals surface area (Å²) in [6, 6.07) is 1.80. The molecular formula is C12H15N3O. The zero-order chi connectivity index (χ0) is 11.4. The molecule has 1 fully saturated rings. The van der Waals surface area contributed by atoms with E-state index in [-0.39, 0.29) is 11.8 Å². The fourth-order valence-corrected chi connectivity index (χ4v) is 2.04. The van der Waals surface area contributed by atoms with E-state index in [0.717, 1.165) is 25.2 Å². The fraction of sp³-hybridized carbons (Fsp3) is 0.417. The largest absolute Gasteiger partial charge is 0.338 e. The number of carbonyl (C=O) groups excluding carboxylic acids is 1. The Labute approximate surface area is 95.0 Å². The first-order chi connectivity index (χ1) is 7.81. The van der Waals surface area contributed by atoms with Gasteiger partial charge in [-0.15, -0.1) is 0 Å². The Balaban J connectivity index is 2.07. The lowest BCUT2D eigenvalue weighted by Crippen LogP contribution is -2.38. The van der Waals surface area contributed by atoms with Crippen LogP contribution in [0.4, 0.5) is 0 Å². The molecule has 0 N–H and O–H groups in total. The number of rotatable bonds is 2. The number of amides is 1. The normalized spacial score (nSPS) is 20.5. The van der Waals surface area contributed by atoms with Crippen molar-refractivity contribution in [2.75, 3.05) is 13.1 Å². The van der Waals surface area contributed by atoms with Crippen molar-refractivity contribution >= 4 is 5.91 Å². The summed E-state index contributed by atoms with van der Waals surface area (Å²) in [6.07, 6.45) is 6.91. The van der Waals surface area contributed by atoms with Crippen molar-refractivity contribution < 1.29 is 4.79 Å². The molecule has 0 radical (unpaired) electrons. The van der Waals surface area contributed by atoms with E-state index >= 15 is 0 Å². The van der Waals surface area contributed by atoms with Gasteiger partial charge in [0, 0.05) is 31.4 Å². The number of hydrogen-bond donors (Lipinski definition) is 0. The Morgan fingerprint density at radius 2 is 2.25 bits per heavy atom. The molecule has 2 heterocycles. The smallest absolute Gasteiger partial charge is 0.245 e. The van der Waals surface area contributed by atoms with Crippen LogP contribution in [0.3, 0.4) is 0 Å². The van der Waals surface area contributed by atoms with E-state index in [1.165, 1.54) is 6.08 Å². The molecule has 0 aliphatic carbocycles. The van der Waals surface area contributed by atoms with E-state index in [0.29, 0.717) is 6.54 Å². The summed E-state index contributed by atoms with van der Waals surface area (Å²) >= 11 is 0. The van der Waals surface area contributed by atoms with Gasteiger partial charge in [0.1, 0.15) is 5.82 Å². The minimum atomic E-state index is 0.000584. The van der Waals surface area contributed by atoms with Crippen LogP contribution in [0.2, 0.25) is 0 Å². The molecule has 4 heteroatoms. The first-order valence-electron chi connectivity index (χ1n) is 5.49. The summed E-state index contributed by atoms with van der Waals surface area (Å²) in [5.41, 5.74) is 0. The zero-order valence-electron chi connectivity index (χ0n) is 9.17. The zero-order valence-corrected chi connectivity index (χ0v) is 9.17. The van der Waals surface area contributed by atoms with Crippen LogP contribution in [-0.4, -0.2) is 33.9 Å². The van der Waals surface area contributed by atoms with Gasteiger partial charge in [0.25, 0.3) is 0 Å². The second-order valence-electron chi connectivity index (χ2n) is 3.93. The molecule has 1 aromatic heterocycles. The molecule has 1 atom stereocenters. The minimum Gasteiger partial charge on any atom is -0.338 e. The SMILES string of the molecule is C=CC(=O)N1CCCC(c2ncccn2)C1. The van der Waals surface area contributed by atoms with Crippen LogP contribution in [0.5, 0.6) is 0 Å². The molecule has 4 nitrogen and oxygen atoms in total. The summed E-state index contributed by atoms with van der Waals surface area (Å²) < 4.78 is 0. The molecular weight excluding hydrogens is 202 g/mol. The van der Waals surface area contributed by atoms with Crippen LogP contribution >= 0.6 is 0 Å². The third-order valence-electron chi connectivity index (χ3n) is 2.86.